The Balaban J connectivity index is 3.17. The Morgan fingerprint density at radius 1 is 1.33 bits per heavy atom. The van der Waals surface area contributed by atoms with Gasteiger partial charge in [0.25, 0.3) is 0 Å². The van der Waals surface area contributed by atoms with Crippen LogP contribution in [0.1, 0.15) is 31.9 Å². The molecule has 0 saturated heterocycles. The van der Waals surface area contributed by atoms with Crippen LogP contribution >= 0.6 is 0 Å². The van der Waals surface area contributed by atoms with Gasteiger partial charge in [-0.1, -0.05) is 32.9 Å². The van der Waals surface area contributed by atoms with Crippen LogP contribution in [0.5, 0.6) is 5.75 Å². The Bertz CT molecular complexity index is 383. The molecule has 0 fully saturated rings. The normalized spacial score (nSPS) is 10.9. The van der Waals surface area contributed by atoms with Gasteiger partial charge >= 0.3 is 0 Å². The monoisotopic (exact) mass is 203 g/mol. The third-order valence-corrected chi connectivity index (χ3v) is 2.42. The van der Waals surface area contributed by atoms with Crippen LogP contribution in [0.15, 0.2) is 18.2 Å². The molecule has 0 N–H and O–H groups in total. The van der Waals surface area contributed by atoms with Gasteiger partial charge in [0, 0.05) is 5.56 Å². The van der Waals surface area contributed by atoms with E-state index in [1.54, 1.807) is 7.11 Å². The molecule has 0 radical (unpaired) electrons. The van der Waals surface area contributed by atoms with E-state index >= 15 is 0 Å². The predicted molar refractivity (Wildman–Crippen MR) is 61.0 cm³/mol. The number of nitriles is 1. The smallest absolute Gasteiger partial charge is 0.123 e. The Labute approximate surface area is 91.5 Å². The molecule has 0 aliphatic heterocycles. The first-order chi connectivity index (χ1) is 6.99. The zero-order valence-corrected chi connectivity index (χ0v) is 9.79. The van der Waals surface area contributed by atoms with Gasteiger partial charge in [-0.3, -0.25) is 0 Å². The zero-order chi connectivity index (χ0) is 11.5. The average molecular weight is 203 g/mol. The fraction of sp³-hybridized carbons (Fsp3) is 0.462. The number of ether oxygens (including phenoxy) is 1. The quantitative estimate of drug-likeness (QED) is 0.740. The SMILES string of the molecule is COc1ccc(C(C)(C)C)cc1CC#N. The molecule has 0 atom stereocenters. The standard InChI is InChI=1S/C13H17NO/c1-13(2,3)11-5-6-12(15-4)10(9-11)7-8-14/h5-6,9H,7H2,1-4H3. The minimum Gasteiger partial charge on any atom is -0.496 e. The summed E-state index contributed by atoms with van der Waals surface area (Å²) >= 11 is 0. The Morgan fingerprint density at radius 3 is 2.47 bits per heavy atom. The van der Waals surface area contributed by atoms with Crippen LogP contribution in [0.25, 0.3) is 0 Å². The fourth-order valence-electron chi connectivity index (χ4n) is 1.47. The number of hydrogen-bond donors (Lipinski definition) is 0. The molecule has 0 aliphatic carbocycles. The Morgan fingerprint density at radius 2 is 2.00 bits per heavy atom. The molecule has 0 bridgehead atoms. The number of methoxy groups -OCH3 is 1. The van der Waals surface area contributed by atoms with Crippen molar-refractivity contribution in [1.82, 2.24) is 0 Å². The molecule has 80 valence electrons. The fourth-order valence-corrected chi connectivity index (χ4v) is 1.47. The molecule has 0 amide bonds. The van der Waals surface area contributed by atoms with E-state index < -0.39 is 0 Å². The molecular formula is C13H17NO. The first-order valence-corrected chi connectivity index (χ1v) is 5.03. The third kappa shape index (κ3) is 2.73. The minimum atomic E-state index is 0.108. The molecule has 2 nitrogen and oxygen atoms in total. The number of rotatable bonds is 2. The molecule has 2 heteroatoms. The van der Waals surface area contributed by atoms with Crippen molar-refractivity contribution in [3.05, 3.63) is 29.3 Å². The van der Waals surface area contributed by atoms with Crippen LogP contribution in [0, 0.1) is 11.3 Å². The lowest BCUT2D eigenvalue weighted by Crippen LogP contribution is -2.11. The number of hydrogen-bond acceptors (Lipinski definition) is 2. The van der Waals surface area contributed by atoms with E-state index in [0.29, 0.717) is 6.42 Å². The van der Waals surface area contributed by atoms with Gasteiger partial charge in [-0.15, -0.1) is 0 Å². The van der Waals surface area contributed by atoms with Crippen molar-refractivity contribution in [3.63, 3.8) is 0 Å². The van der Waals surface area contributed by atoms with E-state index in [2.05, 4.69) is 39.0 Å². The maximum atomic E-state index is 8.73. The largest absolute Gasteiger partial charge is 0.496 e. The van der Waals surface area contributed by atoms with E-state index in [1.165, 1.54) is 5.56 Å². The summed E-state index contributed by atoms with van der Waals surface area (Å²) in [6.07, 6.45) is 0.396. The minimum absolute atomic E-state index is 0.108. The number of benzene rings is 1. The van der Waals surface area contributed by atoms with Crippen LogP contribution in [0.4, 0.5) is 0 Å². The lowest BCUT2D eigenvalue weighted by Gasteiger charge is -2.20. The van der Waals surface area contributed by atoms with Crippen LogP contribution in [-0.2, 0) is 11.8 Å². The van der Waals surface area contributed by atoms with Gasteiger partial charge in [-0.2, -0.15) is 5.26 Å². The molecule has 1 aromatic carbocycles. The maximum absolute atomic E-state index is 8.73. The second-order valence-electron chi connectivity index (χ2n) is 4.61. The topological polar surface area (TPSA) is 33.0 Å². The second kappa shape index (κ2) is 4.35. The third-order valence-electron chi connectivity index (χ3n) is 2.42. The van der Waals surface area contributed by atoms with Crippen molar-refractivity contribution < 1.29 is 4.74 Å². The van der Waals surface area contributed by atoms with Crippen LogP contribution in [0.3, 0.4) is 0 Å². The molecular weight excluding hydrogens is 186 g/mol. The molecule has 15 heavy (non-hydrogen) atoms. The van der Waals surface area contributed by atoms with E-state index in [0.717, 1.165) is 11.3 Å². The predicted octanol–water partition coefficient (Wildman–Crippen LogP) is 3.06. The van der Waals surface area contributed by atoms with Crippen LogP contribution < -0.4 is 4.74 Å². The molecule has 0 aliphatic rings. The maximum Gasteiger partial charge on any atom is 0.123 e. The summed E-state index contributed by atoms with van der Waals surface area (Å²) < 4.78 is 5.21. The van der Waals surface area contributed by atoms with Crippen molar-refractivity contribution in [1.29, 1.82) is 5.26 Å². The number of nitrogens with zero attached hydrogens (tertiary/aromatic N) is 1. The van der Waals surface area contributed by atoms with Gasteiger partial charge in [0.05, 0.1) is 19.6 Å². The van der Waals surface area contributed by atoms with Crippen molar-refractivity contribution in [3.8, 4) is 11.8 Å². The highest BCUT2D eigenvalue weighted by Crippen LogP contribution is 2.27. The van der Waals surface area contributed by atoms with Crippen molar-refractivity contribution in [2.45, 2.75) is 32.6 Å². The van der Waals surface area contributed by atoms with Gasteiger partial charge in [-0.05, 0) is 17.0 Å². The van der Waals surface area contributed by atoms with E-state index in [1.807, 2.05) is 6.07 Å². The average Bonchev–Trinajstić information content (AvgIpc) is 2.17. The molecule has 0 unspecified atom stereocenters. The van der Waals surface area contributed by atoms with Gasteiger partial charge in [0.1, 0.15) is 5.75 Å². The van der Waals surface area contributed by atoms with Crippen molar-refractivity contribution in [2.24, 2.45) is 0 Å². The molecule has 0 spiro atoms. The molecule has 0 saturated carbocycles. The van der Waals surface area contributed by atoms with Gasteiger partial charge in [0.2, 0.25) is 0 Å². The highest BCUT2D eigenvalue weighted by Gasteiger charge is 2.15. The van der Waals surface area contributed by atoms with Gasteiger partial charge in [-0.25, -0.2) is 0 Å². The van der Waals surface area contributed by atoms with Crippen LogP contribution in [-0.4, -0.2) is 7.11 Å². The highest BCUT2D eigenvalue weighted by atomic mass is 16.5. The molecule has 1 aromatic rings. The summed E-state index contributed by atoms with van der Waals surface area (Å²) in [5.74, 6) is 0.796. The first-order valence-electron chi connectivity index (χ1n) is 5.03. The summed E-state index contributed by atoms with van der Waals surface area (Å²) in [5, 5.41) is 8.73. The van der Waals surface area contributed by atoms with Crippen molar-refractivity contribution in [2.75, 3.05) is 7.11 Å². The zero-order valence-electron chi connectivity index (χ0n) is 9.79. The Hall–Kier alpha value is -1.49. The van der Waals surface area contributed by atoms with Crippen LogP contribution in [0.2, 0.25) is 0 Å². The summed E-state index contributed by atoms with van der Waals surface area (Å²) in [4.78, 5) is 0. The lowest BCUT2D eigenvalue weighted by molar-refractivity contribution is 0.410. The van der Waals surface area contributed by atoms with E-state index in [-0.39, 0.29) is 5.41 Å². The lowest BCUT2D eigenvalue weighted by atomic mass is 9.86. The van der Waals surface area contributed by atoms with E-state index in [4.69, 9.17) is 10.00 Å². The van der Waals surface area contributed by atoms with Gasteiger partial charge in [0.15, 0.2) is 0 Å². The summed E-state index contributed by atoms with van der Waals surface area (Å²) in [7, 11) is 1.63. The second-order valence-corrected chi connectivity index (χ2v) is 4.61. The van der Waals surface area contributed by atoms with Crippen molar-refractivity contribution >= 4 is 0 Å². The Kier molecular flexibility index (Phi) is 3.36. The highest BCUT2D eigenvalue weighted by molar-refractivity contribution is 5.41. The van der Waals surface area contributed by atoms with E-state index in [9.17, 15) is 0 Å². The molecule has 0 aromatic heterocycles. The summed E-state index contributed by atoms with van der Waals surface area (Å²) in [6, 6.07) is 8.21. The summed E-state index contributed by atoms with van der Waals surface area (Å²) in [5.41, 5.74) is 2.30. The summed E-state index contributed by atoms with van der Waals surface area (Å²) in [6.45, 7) is 6.47. The first kappa shape index (κ1) is 11.6. The molecule has 1 rings (SSSR count). The van der Waals surface area contributed by atoms with Gasteiger partial charge < -0.3 is 4.74 Å². The molecule has 0 heterocycles.